The number of nitrogens with zero attached hydrogens (tertiary/aromatic N) is 1. The van der Waals surface area contributed by atoms with E-state index in [0.717, 1.165) is 5.75 Å². The highest BCUT2D eigenvalue weighted by Gasteiger charge is 2.71. The number of fused-ring (bicyclic) bond motifs is 4. The minimum absolute atomic E-state index is 0.254. The topological polar surface area (TPSA) is 78.5 Å². The first-order valence-electron chi connectivity index (χ1n) is 9.39. The van der Waals surface area contributed by atoms with Gasteiger partial charge < -0.3 is 5.32 Å². The van der Waals surface area contributed by atoms with Crippen molar-refractivity contribution < 1.29 is 18.8 Å². The number of halogens is 1. The van der Waals surface area contributed by atoms with Gasteiger partial charge in [-0.1, -0.05) is 0 Å². The number of nitrogens with one attached hydrogen (secondary N) is 2. The van der Waals surface area contributed by atoms with Crippen LogP contribution in [0.2, 0.25) is 0 Å². The molecule has 2 saturated heterocycles. The lowest BCUT2D eigenvalue weighted by molar-refractivity contribution is -0.147. The van der Waals surface area contributed by atoms with E-state index in [-0.39, 0.29) is 17.9 Å². The molecule has 3 amide bonds. The summed E-state index contributed by atoms with van der Waals surface area (Å²) in [5, 5.41) is 6.09. The highest BCUT2D eigenvalue weighted by atomic mass is 32.2. The van der Waals surface area contributed by atoms with Gasteiger partial charge in [0.05, 0.1) is 11.8 Å². The summed E-state index contributed by atoms with van der Waals surface area (Å²) in [5.74, 6) is -2.24. The fourth-order valence-corrected chi connectivity index (χ4v) is 5.42. The molecular weight excluding hydrogens is 381 g/mol. The van der Waals surface area contributed by atoms with Crippen LogP contribution in [0.3, 0.4) is 0 Å². The average molecular weight is 405 g/mol. The van der Waals surface area contributed by atoms with Crippen molar-refractivity contribution >= 4 is 35.2 Å². The van der Waals surface area contributed by atoms with E-state index in [1.54, 1.807) is 11.8 Å². The Kier molecular flexibility index (Phi) is 4.35. The van der Waals surface area contributed by atoms with Crippen molar-refractivity contribution in [2.24, 2.45) is 11.8 Å². The van der Waals surface area contributed by atoms with Gasteiger partial charge in [0.15, 0.2) is 0 Å². The second-order valence-corrected chi connectivity index (χ2v) is 9.66. The van der Waals surface area contributed by atoms with Crippen LogP contribution in [0.15, 0.2) is 18.2 Å². The lowest BCUT2D eigenvalue weighted by Gasteiger charge is -2.34. The van der Waals surface area contributed by atoms with Crippen LogP contribution in [0.5, 0.6) is 0 Å². The molecule has 1 aromatic carbocycles. The molecule has 3 aliphatic rings. The number of thioether (sulfide) groups is 1. The monoisotopic (exact) mass is 405 g/mol. The van der Waals surface area contributed by atoms with Crippen molar-refractivity contribution in [1.82, 2.24) is 10.2 Å². The van der Waals surface area contributed by atoms with Gasteiger partial charge in [0, 0.05) is 22.8 Å². The molecule has 6 nitrogen and oxygen atoms in total. The second-order valence-electron chi connectivity index (χ2n) is 8.67. The maximum absolute atomic E-state index is 14.1. The van der Waals surface area contributed by atoms with Crippen molar-refractivity contribution in [2.75, 3.05) is 17.3 Å². The number of hydrogen-bond donors (Lipinski definition) is 2. The van der Waals surface area contributed by atoms with Crippen LogP contribution in [0.1, 0.15) is 32.8 Å². The Hall–Kier alpha value is -1.93. The van der Waals surface area contributed by atoms with Gasteiger partial charge in [0.1, 0.15) is 11.4 Å². The third-order valence-corrected chi connectivity index (χ3v) is 6.62. The Labute approximate surface area is 167 Å². The summed E-state index contributed by atoms with van der Waals surface area (Å²) in [7, 11) is 0. The molecule has 28 heavy (non-hydrogen) atoms. The first kappa shape index (κ1) is 19.4. The fourth-order valence-electron chi connectivity index (χ4n) is 4.93. The number of hydrogen-bond acceptors (Lipinski definition) is 5. The highest BCUT2D eigenvalue weighted by molar-refractivity contribution is 7.98. The van der Waals surface area contributed by atoms with E-state index in [2.05, 4.69) is 10.6 Å². The molecule has 8 heteroatoms. The molecule has 2 fully saturated rings. The van der Waals surface area contributed by atoms with Crippen LogP contribution >= 0.6 is 11.8 Å². The summed E-state index contributed by atoms with van der Waals surface area (Å²) in [6.45, 7) is 5.43. The van der Waals surface area contributed by atoms with Gasteiger partial charge >= 0.3 is 0 Å². The van der Waals surface area contributed by atoms with Crippen molar-refractivity contribution in [2.45, 2.75) is 44.3 Å². The molecule has 150 valence electrons. The maximum Gasteiger partial charge on any atom is 0.250 e. The highest BCUT2D eigenvalue weighted by Crippen LogP contribution is 2.54. The molecule has 0 radical (unpaired) electrons. The number of rotatable bonds is 3. The second kappa shape index (κ2) is 6.29. The smallest absolute Gasteiger partial charge is 0.250 e. The number of likely N-dealkylation sites (tertiary alicyclic amines) is 1. The van der Waals surface area contributed by atoms with Gasteiger partial charge in [-0.2, -0.15) is 11.8 Å². The fraction of sp³-hybridized carbons (Fsp3) is 0.550. The van der Waals surface area contributed by atoms with Crippen molar-refractivity contribution in [3.05, 3.63) is 29.6 Å². The van der Waals surface area contributed by atoms with Crippen LogP contribution in [0.4, 0.5) is 10.1 Å². The molecular formula is C20H24FN3O3S. The zero-order chi connectivity index (χ0) is 20.4. The largest absolute Gasteiger partial charge is 0.324 e. The number of carbonyl (C=O) groups excluding carboxylic acids is 3. The van der Waals surface area contributed by atoms with Crippen LogP contribution in [0, 0.1) is 17.7 Å². The summed E-state index contributed by atoms with van der Waals surface area (Å²) in [4.78, 5) is 41.2. The average Bonchev–Trinajstić information content (AvgIpc) is 3.18. The van der Waals surface area contributed by atoms with Gasteiger partial charge in [-0.15, -0.1) is 0 Å². The van der Waals surface area contributed by atoms with Crippen LogP contribution in [-0.4, -0.2) is 46.2 Å². The Bertz CT molecular complexity index is 884. The predicted octanol–water partition coefficient (Wildman–Crippen LogP) is 2.10. The molecule has 0 bridgehead atoms. The standard InChI is InChI=1S/C20H24FN3O3S/c1-19(2,3)24-16(25)14-13(7-8-28-4)23-20(15(14)17(24)26)11-9-10(21)5-6-12(11)22-18(20)27/h5-6,9,13-15,23H,7-8H2,1-4H3,(H,22,27)/t13-,14+,15-,20+/m0/s1. The number of benzene rings is 1. The minimum atomic E-state index is -1.42. The summed E-state index contributed by atoms with van der Waals surface area (Å²) < 4.78 is 14.1. The lowest BCUT2D eigenvalue weighted by atomic mass is 9.76. The molecule has 3 heterocycles. The van der Waals surface area contributed by atoms with Crippen LogP contribution in [-0.2, 0) is 19.9 Å². The third-order valence-electron chi connectivity index (χ3n) is 5.98. The lowest BCUT2D eigenvalue weighted by Crippen LogP contribution is -2.55. The molecule has 0 unspecified atom stereocenters. The molecule has 4 rings (SSSR count). The summed E-state index contributed by atoms with van der Waals surface area (Å²) >= 11 is 1.64. The third kappa shape index (κ3) is 2.47. The molecule has 1 aromatic rings. The first-order chi connectivity index (χ1) is 13.1. The van der Waals surface area contributed by atoms with Crippen LogP contribution < -0.4 is 10.6 Å². The van der Waals surface area contributed by atoms with Crippen molar-refractivity contribution in [3.63, 3.8) is 0 Å². The zero-order valence-corrected chi connectivity index (χ0v) is 17.2. The maximum atomic E-state index is 14.1. The van der Waals surface area contributed by atoms with E-state index in [4.69, 9.17) is 0 Å². The number of carbonyl (C=O) groups is 3. The quantitative estimate of drug-likeness (QED) is 0.753. The van der Waals surface area contributed by atoms with Crippen LogP contribution in [0.25, 0.3) is 0 Å². The molecule has 1 spiro atoms. The Morgan fingerprint density at radius 1 is 1.21 bits per heavy atom. The minimum Gasteiger partial charge on any atom is -0.324 e. The molecule has 4 atom stereocenters. The SMILES string of the molecule is CSCC[C@@H]1N[C@@]2(C(=O)Nc3ccc(F)cc32)[C@@H]2C(=O)N(C(C)(C)C)C(=O)[C@H]12. The first-order valence-corrected chi connectivity index (χ1v) is 10.8. The number of imide groups is 1. The summed E-state index contributed by atoms with van der Waals surface area (Å²) in [6.07, 6.45) is 2.61. The van der Waals surface area contributed by atoms with E-state index >= 15 is 0 Å². The van der Waals surface area contributed by atoms with Gasteiger partial charge in [-0.3, -0.25) is 24.6 Å². The van der Waals surface area contributed by atoms with Crippen molar-refractivity contribution in [3.8, 4) is 0 Å². The van der Waals surface area contributed by atoms with Gasteiger partial charge in [0.2, 0.25) is 17.7 Å². The number of amides is 3. The Balaban J connectivity index is 1.89. The van der Waals surface area contributed by atoms with Gasteiger partial charge in [-0.25, -0.2) is 4.39 Å². The predicted molar refractivity (Wildman–Crippen MR) is 105 cm³/mol. The summed E-state index contributed by atoms with van der Waals surface area (Å²) in [5.41, 5.74) is -1.21. The van der Waals surface area contributed by atoms with E-state index in [1.807, 2.05) is 27.0 Å². The van der Waals surface area contributed by atoms with Gasteiger partial charge in [0.25, 0.3) is 0 Å². The van der Waals surface area contributed by atoms with E-state index in [1.165, 1.54) is 23.1 Å². The molecule has 0 saturated carbocycles. The van der Waals surface area contributed by atoms with E-state index < -0.39 is 34.6 Å². The number of anilines is 1. The Morgan fingerprint density at radius 3 is 2.57 bits per heavy atom. The van der Waals surface area contributed by atoms with Crippen molar-refractivity contribution in [1.29, 1.82) is 0 Å². The molecule has 0 aromatic heterocycles. The molecule has 0 aliphatic carbocycles. The Morgan fingerprint density at radius 2 is 1.93 bits per heavy atom. The van der Waals surface area contributed by atoms with E-state index in [0.29, 0.717) is 17.7 Å². The zero-order valence-electron chi connectivity index (χ0n) is 16.3. The summed E-state index contributed by atoms with van der Waals surface area (Å²) in [6, 6.07) is 3.75. The van der Waals surface area contributed by atoms with Gasteiger partial charge in [-0.05, 0) is 57.4 Å². The van der Waals surface area contributed by atoms with E-state index in [9.17, 15) is 18.8 Å². The molecule has 3 aliphatic heterocycles. The molecule has 2 N–H and O–H groups in total. The normalized spacial score (nSPS) is 31.5.